The van der Waals surface area contributed by atoms with Gasteiger partial charge in [0, 0.05) is 12.2 Å². The Balaban J connectivity index is 1.47. The molecule has 0 saturated heterocycles. The van der Waals surface area contributed by atoms with Crippen molar-refractivity contribution in [3.8, 4) is 22.0 Å². The first-order chi connectivity index (χ1) is 17.9. The quantitative estimate of drug-likeness (QED) is 0.293. The van der Waals surface area contributed by atoms with Crippen LogP contribution in [0.25, 0.3) is 33.1 Å². The van der Waals surface area contributed by atoms with Crippen molar-refractivity contribution in [2.45, 2.75) is 38.6 Å². The first-order valence-electron chi connectivity index (χ1n) is 12.2. The predicted molar refractivity (Wildman–Crippen MR) is 136 cm³/mol. The molecule has 3 fully saturated rings. The third kappa shape index (κ3) is 4.33. The van der Waals surface area contributed by atoms with Gasteiger partial charge in [-0.3, -0.25) is 4.79 Å². The summed E-state index contributed by atoms with van der Waals surface area (Å²) >= 11 is 7.32. The number of nitrogens with one attached hydrogen (secondary N) is 2. The lowest BCUT2D eigenvalue weighted by atomic mass is 9.61. The lowest BCUT2D eigenvalue weighted by Gasteiger charge is -2.47. The maximum Gasteiger partial charge on any atom is 0.311 e. The molecule has 12 heteroatoms. The Morgan fingerprint density at radius 2 is 1.97 bits per heavy atom. The van der Waals surface area contributed by atoms with Crippen LogP contribution in [0.15, 0.2) is 24.5 Å². The Morgan fingerprint density at radius 3 is 2.70 bits per heavy atom. The van der Waals surface area contributed by atoms with Gasteiger partial charge in [-0.2, -0.15) is 4.39 Å². The number of hydrogen-bond donors (Lipinski definition) is 2. The molecule has 37 heavy (non-hydrogen) atoms. The van der Waals surface area contributed by atoms with Crippen LogP contribution < -0.4 is 5.32 Å². The molecule has 0 spiro atoms. The summed E-state index contributed by atoms with van der Waals surface area (Å²) in [4.78, 5) is 33.3. The average molecular weight is 545 g/mol. The highest BCUT2D eigenvalue weighted by atomic mass is 35.5. The monoisotopic (exact) mass is 544 g/mol. The number of anilines is 1. The SMILES string of the molecule is CCOC(=O)[C@@H]1C2CCC(CC2)[C@H]1Nc1nc(-c2c[nH]c3ncc(F)nc23)nc(-c2ccc(Cl)s2)c1F. The molecule has 4 aromatic rings. The number of esters is 1. The summed E-state index contributed by atoms with van der Waals surface area (Å²) in [6.07, 6.45) is 6.36. The van der Waals surface area contributed by atoms with Crippen LogP contribution in [0.2, 0.25) is 4.34 Å². The summed E-state index contributed by atoms with van der Waals surface area (Å²) in [7, 11) is 0. The number of aromatic nitrogens is 5. The Labute approximate surface area is 219 Å². The van der Waals surface area contributed by atoms with Gasteiger partial charge in [0.15, 0.2) is 23.1 Å². The number of H-pyrrole nitrogens is 1. The van der Waals surface area contributed by atoms with E-state index >= 15 is 4.39 Å². The number of halogens is 3. The molecule has 192 valence electrons. The second-order valence-corrected chi connectivity index (χ2v) is 11.1. The third-order valence-electron chi connectivity index (χ3n) is 7.33. The summed E-state index contributed by atoms with van der Waals surface area (Å²) < 4.78 is 35.8. The molecule has 2 bridgehead atoms. The van der Waals surface area contributed by atoms with E-state index in [2.05, 4.69) is 30.2 Å². The van der Waals surface area contributed by atoms with Gasteiger partial charge in [0.1, 0.15) is 11.2 Å². The highest BCUT2D eigenvalue weighted by molar-refractivity contribution is 7.19. The number of rotatable bonds is 6. The molecule has 0 radical (unpaired) electrons. The van der Waals surface area contributed by atoms with Crippen LogP contribution in [0.4, 0.5) is 14.6 Å². The molecule has 2 N–H and O–H groups in total. The van der Waals surface area contributed by atoms with E-state index in [0.717, 1.165) is 31.9 Å². The van der Waals surface area contributed by atoms with Gasteiger partial charge in [-0.1, -0.05) is 11.6 Å². The lowest BCUT2D eigenvalue weighted by Crippen LogP contribution is -2.52. The second kappa shape index (κ2) is 9.60. The van der Waals surface area contributed by atoms with Crippen molar-refractivity contribution in [1.29, 1.82) is 0 Å². The minimum absolute atomic E-state index is 0.0323. The van der Waals surface area contributed by atoms with Crippen molar-refractivity contribution in [3.63, 3.8) is 0 Å². The molecule has 3 saturated carbocycles. The van der Waals surface area contributed by atoms with E-state index < -0.39 is 17.7 Å². The summed E-state index contributed by atoms with van der Waals surface area (Å²) in [5.41, 5.74) is 1.01. The minimum atomic E-state index is -0.755. The molecule has 0 unspecified atom stereocenters. The Morgan fingerprint density at radius 1 is 1.19 bits per heavy atom. The molecular weight excluding hydrogens is 522 g/mol. The Hall–Kier alpha value is -3.18. The zero-order valence-electron chi connectivity index (χ0n) is 19.8. The predicted octanol–water partition coefficient (Wildman–Crippen LogP) is 5.85. The number of thiophene rings is 1. The van der Waals surface area contributed by atoms with Crippen LogP contribution in [0.5, 0.6) is 0 Å². The van der Waals surface area contributed by atoms with E-state index in [1.807, 2.05) is 0 Å². The molecule has 3 aliphatic carbocycles. The molecule has 4 aromatic heterocycles. The number of ether oxygens (including phenoxy) is 1. The molecule has 0 aliphatic heterocycles. The van der Waals surface area contributed by atoms with Gasteiger partial charge in [-0.05, 0) is 56.6 Å². The summed E-state index contributed by atoms with van der Waals surface area (Å²) in [6.45, 7) is 2.07. The van der Waals surface area contributed by atoms with Gasteiger partial charge in [0.25, 0.3) is 0 Å². The zero-order chi connectivity index (χ0) is 25.7. The average Bonchev–Trinajstić information content (AvgIpc) is 3.52. The fourth-order valence-corrected chi connectivity index (χ4v) is 6.73. The number of carbonyl (C=O) groups is 1. The van der Waals surface area contributed by atoms with E-state index in [1.54, 1.807) is 25.3 Å². The first-order valence-corrected chi connectivity index (χ1v) is 13.4. The highest BCUT2D eigenvalue weighted by Crippen LogP contribution is 2.47. The van der Waals surface area contributed by atoms with E-state index in [9.17, 15) is 9.18 Å². The molecule has 3 aliphatic rings. The molecular formula is C25H23ClF2N6O2S. The fourth-order valence-electron chi connectivity index (χ4n) is 5.70. The fraction of sp³-hybridized carbons (Fsp3) is 0.400. The van der Waals surface area contributed by atoms with Gasteiger partial charge in [-0.15, -0.1) is 11.3 Å². The van der Waals surface area contributed by atoms with Crippen LogP contribution in [-0.2, 0) is 9.53 Å². The van der Waals surface area contributed by atoms with E-state index in [1.165, 1.54) is 11.3 Å². The largest absolute Gasteiger partial charge is 0.466 e. The standard InChI is InChI=1S/C25H23ClF2N6O2S/c1-2-36-25(35)17-11-3-5-12(6-4-11)19(17)32-23-18(28)21(14-7-8-15(26)37-14)33-22(34-23)13-9-29-24-20(13)31-16(27)10-30-24/h7-12,17,19H,2-6H2,1H3,(H,29,30)(H,32,33,34)/t11?,12?,17-,19-/m1/s1. The maximum atomic E-state index is 16.0. The van der Waals surface area contributed by atoms with Crippen molar-refractivity contribution >= 4 is 45.9 Å². The number of nitrogens with zero attached hydrogens (tertiary/aromatic N) is 4. The maximum absolute atomic E-state index is 16.0. The Bertz CT molecular complexity index is 1490. The van der Waals surface area contributed by atoms with Crippen LogP contribution in [0, 0.1) is 29.5 Å². The molecule has 0 amide bonds. The lowest BCUT2D eigenvalue weighted by molar-refractivity contribution is -0.154. The van der Waals surface area contributed by atoms with Crippen LogP contribution in [-0.4, -0.2) is 43.5 Å². The van der Waals surface area contributed by atoms with Crippen molar-refractivity contribution in [2.75, 3.05) is 11.9 Å². The van der Waals surface area contributed by atoms with E-state index in [4.69, 9.17) is 16.3 Å². The Kier molecular flexibility index (Phi) is 6.28. The number of carbonyl (C=O) groups excluding carboxylic acids is 1. The minimum Gasteiger partial charge on any atom is -0.466 e. The summed E-state index contributed by atoms with van der Waals surface area (Å²) in [5, 5.41) is 3.27. The molecule has 0 aromatic carbocycles. The van der Waals surface area contributed by atoms with Gasteiger partial charge in [0.05, 0.1) is 33.5 Å². The first kappa shape index (κ1) is 24.2. The van der Waals surface area contributed by atoms with Gasteiger partial charge < -0.3 is 15.0 Å². The summed E-state index contributed by atoms with van der Waals surface area (Å²) in [5.74, 6) is -1.59. The number of aromatic amines is 1. The smallest absolute Gasteiger partial charge is 0.311 e. The van der Waals surface area contributed by atoms with Crippen molar-refractivity contribution in [2.24, 2.45) is 17.8 Å². The molecule has 2 atom stereocenters. The normalized spacial score (nSPS) is 22.9. The van der Waals surface area contributed by atoms with Crippen LogP contribution in [0.3, 0.4) is 0 Å². The van der Waals surface area contributed by atoms with Crippen molar-refractivity contribution in [3.05, 3.63) is 40.6 Å². The van der Waals surface area contributed by atoms with Crippen LogP contribution in [0.1, 0.15) is 32.6 Å². The van der Waals surface area contributed by atoms with Crippen LogP contribution >= 0.6 is 22.9 Å². The third-order valence-corrected chi connectivity index (χ3v) is 8.57. The summed E-state index contributed by atoms with van der Waals surface area (Å²) in [6, 6.07) is 3.02. The number of hydrogen-bond acceptors (Lipinski definition) is 8. The van der Waals surface area contributed by atoms with Crippen molar-refractivity contribution < 1.29 is 18.3 Å². The van der Waals surface area contributed by atoms with E-state index in [0.29, 0.717) is 20.4 Å². The van der Waals surface area contributed by atoms with Gasteiger partial charge >= 0.3 is 5.97 Å². The topological polar surface area (TPSA) is 106 Å². The van der Waals surface area contributed by atoms with Gasteiger partial charge in [-0.25, -0.2) is 24.3 Å². The van der Waals surface area contributed by atoms with Gasteiger partial charge in [0.2, 0.25) is 5.95 Å². The molecule has 7 rings (SSSR count). The molecule has 8 nitrogen and oxygen atoms in total. The molecule has 4 heterocycles. The van der Waals surface area contributed by atoms with Crippen molar-refractivity contribution in [1.82, 2.24) is 24.9 Å². The highest BCUT2D eigenvalue weighted by Gasteiger charge is 2.48. The number of fused-ring (bicyclic) bond motifs is 4. The zero-order valence-corrected chi connectivity index (χ0v) is 21.4. The van der Waals surface area contributed by atoms with E-state index in [-0.39, 0.29) is 53.3 Å². The second-order valence-electron chi connectivity index (χ2n) is 9.38.